The lowest BCUT2D eigenvalue weighted by atomic mass is 9.94. The Hall–Kier alpha value is -1.35. The van der Waals surface area contributed by atoms with Crippen molar-refractivity contribution in [2.45, 2.75) is 27.7 Å². The van der Waals surface area contributed by atoms with Gasteiger partial charge in [0, 0.05) is 18.8 Å². The zero-order valence-corrected chi connectivity index (χ0v) is 11.8. The Balaban J connectivity index is 3.04. The average Bonchev–Trinajstić information content (AvgIpc) is 2.33. The van der Waals surface area contributed by atoms with Crippen molar-refractivity contribution in [2.75, 3.05) is 18.0 Å². The second-order valence-electron chi connectivity index (χ2n) is 4.96. The molecule has 1 aromatic carbocycles. The van der Waals surface area contributed by atoms with Crippen molar-refractivity contribution < 1.29 is 4.79 Å². The van der Waals surface area contributed by atoms with Gasteiger partial charge in [-0.05, 0) is 31.4 Å². The van der Waals surface area contributed by atoms with Gasteiger partial charge in [-0.25, -0.2) is 0 Å². The maximum Gasteiger partial charge on any atom is 0.231 e. The molecule has 0 bridgehead atoms. The zero-order chi connectivity index (χ0) is 13.7. The van der Waals surface area contributed by atoms with Gasteiger partial charge in [-0.1, -0.05) is 32.0 Å². The summed E-state index contributed by atoms with van der Waals surface area (Å²) in [5.41, 5.74) is 7.84. The molecule has 2 N–H and O–H groups in total. The van der Waals surface area contributed by atoms with Crippen LogP contribution in [0.3, 0.4) is 0 Å². The van der Waals surface area contributed by atoms with E-state index in [-0.39, 0.29) is 17.7 Å². The minimum atomic E-state index is -0.107. The van der Waals surface area contributed by atoms with Crippen LogP contribution in [-0.2, 0) is 4.79 Å². The number of aryl methyl sites for hydroxylation is 1. The maximum absolute atomic E-state index is 12.5. The highest BCUT2D eigenvalue weighted by atomic mass is 16.2. The number of benzene rings is 1. The Morgan fingerprint density at radius 1 is 1.33 bits per heavy atom. The summed E-state index contributed by atoms with van der Waals surface area (Å²) in [6, 6.07) is 7.97. The minimum Gasteiger partial charge on any atom is -0.330 e. The van der Waals surface area contributed by atoms with Gasteiger partial charge in [0.05, 0.1) is 5.92 Å². The van der Waals surface area contributed by atoms with E-state index in [9.17, 15) is 4.79 Å². The highest BCUT2D eigenvalue weighted by molar-refractivity contribution is 5.95. The summed E-state index contributed by atoms with van der Waals surface area (Å²) < 4.78 is 0. The normalized spacial score (nSPS) is 12.6. The third-order valence-electron chi connectivity index (χ3n) is 3.36. The van der Waals surface area contributed by atoms with Crippen molar-refractivity contribution in [3.8, 4) is 0 Å². The molecule has 0 spiro atoms. The fourth-order valence-corrected chi connectivity index (χ4v) is 2.17. The van der Waals surface area contributed by atoms with Crippen molar-refractivity contribution in [3.05, 3.63) is 29.8 Å². The van der Waals surface area contributed by atoms with Crippen LogP contribution in [0.15, 0.2) is 24.3 Å². The molecule has 0 heterocycles. The number of amides is 1. The number of carbonyl (C=O) groups excluding carboxylic acids is 1. The molecule has 1 unspecified atom stereocenters. The molecule has 0 saturated heterocycles. The minimum absolute atomic E-state index is 0.107. The van der Waals surface area contributed by atoms with E-state index in [0.717, 1.165) is 11.3 Å². The molecule has 0 saturated carbocycles. The lowest BCUT2D eigenvalue weighted by Gasteiger charge is -2.28. The third kappa shape index (κ3) is 3.10. The quantitative estimate of drug-likeness (QED) is 0.870. The number of para-hydroxylation sites is 1. The van der Waals surface area contributed by atoms with Crippen LogP contribution in [0.1, 0.15) is 26.3 Å². The van der Waals surface area contributed by atoms with Gasteiger partial charge in [0.2, 0.25) is 5.91 Å². The van der Waals surface area contributed by atoms with Crippen LogP contribution < -0.4 is 10.6 Å². The van der Waals surface area contributed by atoms with Gasteiger partial charge in [0.1, 0.15) is 0 Å². The molecule has 0 aliphatic heterocycles. The average molecular weight is 248 g/mol. The van der Waals surface area contributed by atoms with Crippen LogP contribution in [0.25, 0.3) is 0 Å². The summed E-state index contributed by atoms with van der Waals surface area (Å²) in [5, 5.41) is 0. The van der Waals surface area contributed by atoms with Crippen molar-refractivity contribution in [1.82, 2.24) is 0 Å². The van der Waals surface area contributed by atoms with Crippen LogP contribution in [0.4, 0.5) is 5.69 Å². The van der Waals surface area contributed by atoms with E-state index in [1.165, 1.54) is 0 Å². The lowest BCUT2D eigenvalue weighted by molar-refractivity contribution is -0.123. The van der Waals surface area contributed by atoms with Gasteiger partial charge in [0.25, 0.3) is 0 Å². The molecular weight excluding hydrogens is 224 g/mol. The third-order valence-corrected chi connectivity index (χ3v) is 3.36. The number of hydrogen-bond donors (Lipinski definition) is 1. The highest BCUT2D eigenvalue weighted by Crippen LogP contribution is 2.23. The van der Waals surface area contributed by atoms with E-state index in [1.807, 2.05) is 56.9 Å². The standard InChI is InChI=1S/C15H24N2O/c1-5-17(14-9-7-6-8-12(14)4)15(18)13(10-16)11(2)3/h6-9,11,13H,5,10,16H2,1-4H3. The van der Waals surface area contributed by atoms with E-state index < -0.39 is 0 Å². The summed E-state index contributed by atoms with van der Waals surface area (Å²) in [6.07, 6.45) is 0. The molecule has 18 heavy (non-hydrogen) atoms. The summed E-state index contributed by atoms with van der Waals surface area (Å²) in [6.45, 7) is 9.18. The van der Waals surface area contributed by atoms with Crippen LogP contribution in [0.5, 0.6) is 0 Å². The van der Waals surface area contributed by atoms with Crippen LogP contribution >= 0.6 is 0 Å². The maximum atomic E-state index is 12.5. The van der Waals surface area contributed by atoms with Gasteiger partial charge in [-0.2, -0.15) is 0 Å². The molecule has 0 aromatic heterocycles. The first kappa shape index (κ1) is 14.7. The fraction of sp³-hybridized carbons (Fsp3) is 0.533. The second kappa shape index (κ2) is 6.55. The summed E-state index contributed by atoms with van der Waals surface area (Å²) in [4.78, 5) is 14.4. The molecular formula is C15H24N2O. The molecule has 0 fully saturated rings. The van der Waals surface area contributed by atoms with Gasteiger partial charge in [0.15, 0.2) is 0 Å². The Bertz CT molecular complexity index is 401. The topological polar surface area (TPSA) is 46.3 Å². The number of rotatable bonds is 5. The number of carbonyl (C=O) groups is 1. The molecule has 1 atom stereocenters. The van der Waals surface area contributed by atoms with E-state index in [1.54, 1.807) is 0 Å². The van der Waals surface area contributed by atoms with E-state index in [2.05, 4.69) is 0 Å². The van der Waals surface area contributed by atoms with Gasteiger partial charge >= 0.3 is 0 Å². The molecule has 1 amide bonds. The monoisotopic (exact) mass is 248 g/mol. The number of nitrogens with two attached hydrogens (primary N) is 1. The Morgan fingerprint density at radius 3 is 2.39 bits per heavy atom. The van der Waals surface area contributed by atoms with Crippen molar-refractivity contribution in [1.29, 1.82) is 0 Å². The van der Waals surface area contributed by atoms with Gasteiger partial charge < -0.3 is 10.6 Å². The molecule has 1 rings (SSSR count). The molecule has 0 aliphatic carbocycles. The second-order valence-corrected chi connectivity index (χ2v) is 4.96. The molecule has 0 aliphatic rings. The highest BCUT2D eigenvalue weighted by Gasteiger charge is 2.26. The first-order valence-corrected chi connectivity index (χ1v) is 6.60. The van der Waals surface area contributed by atoms with Gasteiger partial charge in [-0.15, -0.1) is 0 Å². The van der Waals surface area contributed by atoms with E-state index in [4.69, 9.17) is 5.73 Å². The Labute approximate surface area is 110 Å². The SMILES string of the molecule is CCN(C(=O)C(CN)C(C)C)c1ccccc1C. The first-order chi connectivity index (χ1) is 8.52. The first-order valence-electron chi connectivity index (χ1n) is 6.60. The summed E-state index contributed by atoms with van der Waals surface area (Å²) in [7, 11) is 0. The van der Waals surface area contributed by atoms with Crippen molar-refractivity contribution in [2.24, 2.45) is 17.6 Å². The van der Waals surface area contributed by atoms with E-state index in [0.29, 0.717) is 13.1 Å². The summed E-state index contributed by atoms with van der Waals surface area (Å²) >= 11 is 0. The molecule has 1 aromatic rings. The number of hydrogen-bond acceptors (Lipinski definition) is 2. The largest absolute Gasteiger partial charge is 0.330 e. The number of nitrogens with zero attached hydrogens (tertiary/aromatic N) is 1. The fourth-order valence-electron chi connectivity index (χ4n) is 2.17. The van der Waals surface area contributed by atoms with Crippen molar-refractivity contribution in [3.63, 3.8) is 0 Å². The Morgan fingerprint density at radius 2 is 1.94 bits per heavy atom. The van der Waals surface area contributed by atoms with Crippen LogP contribution in [-0.4, -0.2) is 19.0 Å². The van der Waals surface area contributed by atoms with Crippen LogP contribution in [0.2, 0.25) is 0 Å². The molecule has 0 radical (unpaired) electrons. The Kier molecular flexibility index (Phi) is 5.35. The lowest BCUT2D eigenvalue weighted by Crippen LogP contribution is -2.41. The molecule has 100 valence electrons. The predicted molar refractivity (Wildman–Crippen MR) is 76.6 cm³/mol. The number of anilines is 1. The summed E-state index contributed by atoms with van der Waals surface area (Å²) in [5.74, 6) is 0.287. The molecule has 3 nitrogen and oxygen atoms in total. The van der Waals surface area contributed by atoms with E-state index >= 15 is 0 Å². The smallest absolute Gasteiger partial charge is 0.231 e. The van der Waals surface area contributed by atoms with Crippen molar-refractivity contribution >= 4 is 11.6 Å². The predicted octanol–water partition coefficient (Wildman–Crippen LogP) is 2.58. The van der Waals surface area contributed by atoms with Gasteiger partial charge in [-0.3, -0.25) is 4.79 Å². The molecule has 3 heteroatoms. The zero-order valence-electron chi connectivity index (χ0n) is 11.8. The van der Waals surface area contributed by atoms with Crippen LogP contribution in [0, 0.1) is 18.8 Å².